The Bertz CT molecular complexity index is 826. The molecule has 136 valence electrons. The molecule has 0 N–H and O–H groups in total. The molecule has 2 aromatic rings. The number of aromatic nitrogens is 2. The Labute approximate surface area is 162 Å². The summed E-state index contributed by atoms with van der Waals surface area (Å²) in [6.45, 7) is 1.85. The highest BCUT2D eigenvalue weighted by molar-refractivity contribution is 7.98. The van der Waals surface area contributed by atoms with Gasteiger partial charge >= 0.3 is 0 Å². The van der Waals surface area contributed by atoms with Gasteiger partial charge in [0.25, 0.3) is 0 Å². The number of nitrogens with zero attached hydrogens (tertiary/aromatic N) is 4. The molecule has 2 saturated heterocycles. The number of piperidine rings is 2. The van der Waals surface area contributed by atoms with Gasteiger partial charge in [0.15, 0.2) is 0 Å². The van der Waals surface area contributed by atoms with Crippen molar-refractivity contribution in [1.29, 1.82) is 0 Å². The fourth-order valence-electron chi connectivity index (χ4n) is 4.42. The zero-order valence-electron chi connectivity index (χ0n) is 14.5. The summed E-state index contributed by atoms with van der Waals surface area (Å²) in [6.07, 6.45) is 8.36. The van der Waals surface area contributed by atoms with E-state index >= 15 is 0 Å². The van der Waals surface area contributed by atoms with Crippen molar-refractivity contribution in [3.63, 3.8) is 0 Å². The highest BCUT2D eigenvalue weighted by atomic mass is 35.5. The quantitative estimate of drug-likeness (QED) is 0.736. The van der Waals surface area contributed by atoms with Crippen molar-refractivity contribution in [3.8, 4) is 11.4 Å². The molecule has 4 heterocycles. The van der Waals surface area contributed by atoms with Gasteiger partial charge in [-0.15, -0.1) is 0 Å². The molecule has 6 rings (SSSR count). The third-order valence-electron chi connectivity index (χ3n) is 5.84. The molecule has 4 aliphatic rings. The van der Waals surface area contributed by atoms with Crippen LogP contribution in [0.4, 0.5) is 0 Å². The van der Waals surface area contributed by atoms with Gasteiger partial charge in [0.2, 0.25) is 0 Å². The topological polar surface area (TPSA) is 42.6 Å². The van der Waals surface area contributed by atoms with Gasteiger partial charge < -0.3 is 9.64 Å². The predicted molar refractivity (Wildman–Crippen MR) is 105 cm³/mol. The molecule has 2 bridgehead atoms. The van der Waals surface area contributed by atoms with E-state index in [0.717, 1.165) is 23.7 Å². The lowest BCUT2D eigenvalue weighted by Gasteiger charge is -2.55. The number of halogens is 1. The Hall–Kier alpha value is -1.66. The molecule has 0 atom stereocenters. The van der Waals surface area contributed by atoms with Crippen LogP contribution in [0, 0.1) is 5.41 Å². The van der Waals surface area contributed by atoms with Crippen LogP contribution >= 0.6 is 23.5 Å². The number of hydrogen-bond acceptors (Lipinski definition) is 5. The lowest BCUT2D eigenvalue weighted by Crippen LogP contribution is -2.61. The minimum atomic E-state index is 0.0936. The van der Waals surface area contributed by atoms with E-state index in [9.17, 15) is 0 Å². The number of hydrogen-bond donors (Lipinski definition) is 0. The predicted octanol–water partition coefficient (Wildman–Crippen LogP) is 4.21. The smallest absolute Gasteiger partial charge is 0.122 e. The first-order valence-electron chi connectivity index (χ1n) is 9.14. The molecule has 26 heavy (non-hydrogen) atoms. The molecule has 1 aromatic carbocycles. The van der Waals surface area contributed by atoms with Crippen molar-refractivity contribution in [2.45, 2.75) is 31.7 Å². The second-order valence-electron chi connectivity index (χ2n) is 7.34. The van der Waals surface area contributed by atoms with Crippen LogP contribution in [0.2, 0.25) is 5.02 Å². The molecular weight excluding hydrogens is 368 g/mol. The Morgan fingerprint density at radius 2 is 2.04 bits per heavy atom. The van der Waals surface area contributed by atoms with E-state index in [4.69, 9.17) is 20.7 Å². The van der Waals surface area contributed by atoms with Crippen molar-refractivity contribution >= 4 is 29.4 Å². The molecule has 5 nitrogen and oxygen atoms in total. The standard InChI is InChI=1S/C19H21ClN4OS/c20-14-11-21-24(12-14)16-1-3-17(4-2-16)25-13-19-7-5-15(6-8-19)23-9-10-26-22-18(19)23/h1-4,11-12,15H,5-10,13H2. The second-order valence-corrected chi connectivity index (χ2v) is 8.62. The van der Waals surface area contributed by atoms with Crippen molar-refractivity contribution < 1.29 is 4.74 Å². The van der Waals surface area contributed by atoms with Crippen LogP contribution in [0.25, 0.3) is 5.69 Å². The van der Waals surface area contributed by atoms with E-state index < -0.39 is 0 Å². The number of amidine groups is 1. The average Bonchev–Trinajstić information content (AvgIpc) is 3.14. The van der Waals surface area contributed by atoms with Gasteiger partial charge in [-0.1, -0.05) is 11.6 Å². The normalized spacial score (nSPS) is 27.2. The number of rotatable bonds is 4. The Morgan fingerprint density at radius 3 is 2.77 bits per heavy atom. The number of fused-ring (bicyclic) bond motifs is 2. The molecule has 3 aliphatic heterocycles. The lowest BCUT2D eigenvalue weighted by atomic mass is 9.67. The van der Waals surface area contributed by atoms with Crippen LogP contribution in [0.3, 0.4) is 0 Å². The highest BCUT2D eigenvalue weighted by Crippen LogP contribution is 2.48. The zero-order chi connectivity index (χ0) is 17.6. The van der Waals surface area contributed by atoms with Crippen LogP contribution in [0.1, 0.15) is 25.7 Å². The third-order valence-corrected chi connectivity index (χ3v) is 6.70. The van der Waals surface area contributed by atoms with Gasteiger partial charge in [0.05, 0.1) is 22.3 Å². The number of ether oxygens (including phenoxy) is 1. The fourth-order valence-corrected chi connectivity index (χ4v) is 5.35. The molecule has 0 spiro atoms. The van der Waals surface area contributed by atoms with E-state index in [-0.39, 0.29) is 5.41 Å². The van der Waals surface area contributed by atoms with Gasteiger partial charge in [-0.25, -0.2) is 9.08 Å². The SMILES string of the molecule is Clc1cnn(-c2ccc(OCC34CCC(CC3)N3CCSN=C34)cc2)c1. The molecular formula is C19H21ClN4OS. The van der Waals surface area contributed by atoms with E-state index in [1.807, 2.05) is 24.3 Å². The monoisotopic (exact) mass is 388 g/mol. The van der Waals surface area contributed by atoms with Gasteiger partial charge in [-0.05, 0) is 61.9 Å². The lowest BCUT2D eigenvalue weighted by molar-refractivity contribution is 0.0662. The van der Waals surface area contributed by atoms with E-state index in [2.05, 4.69) is 10.00 Å². The molecule has 0 amide bonds. The summed E-state index contributed by atoms with van der Waals surface area (Å²) in [5, 5.41) is 4.86. The van der Waals surface area contributed by atoms with Gasteiger partial charge in [-0.3, -0.25) is 0 Å². The van der Waals surface area contributed by atoms with Gasteiger partial charge in [-0.2, -0.15) is 5.10 Å². The maximum absolute atomic E-state index is 6.24. The zero-order valence-corrected chi connectivity index (χ0v) is 16.0. The van der Waals surface area contributed by atoms with Crippen molar-refractivity contribution in [1.82, 2.24) is 14.7 Å². The summed E-state index contributed by atoms with van der Waals surface area (Å²) in [5.41, 5.74) is 1.07. The summed E-state index contributed by atoms with van der Waals surface area (Å²) in [5.74, 6) is 3.29. The first kappa shape index (κ1) is 16.5. The third kappa shape index (κ3) is 2.79. The van der Waals surface area contributed by atoms with Crippen LogP contribution in [-0.4, -0.2) is 45.5 Å². The highest BCUT2D eigenvalue weighted by Gasteiger charge is 2.51. The van der Waals surface area contributed by atoms with E-state index in [0.29, 0.717) is 17.7 Å². The van der Waals surface area contributed by atoms with Crippen molar-refractivity contribution in [2.75, 3.05) is 18.9 Å². The van der Waals surface area contributed by atoms with E-state index in [1.54, 1.807) is 29.0 Å². The molecule has 0 unspecified atom stereocenters. The minimum absolute atomic E-state index is 0.0936. The molecule has 1 aliphatic carbocycles. The summed E-state index contributed by atoms with van der Waals surface area (Å²) in [7, 11) is 0. The average molecular weight is 389 g/mol. The molecule has 7 heteroatoms. The van der Waals surface area contributed by atoms with Crippen LogP contribution in [0.5, 0.6) is 5.75 Å². The first-order valence-corrected chi connectivity index (χ1v) is 10.5. The van der Waals surface area contributed by atoms with Gasteiger partial charge in [0, 0.05) is 24.5 Å². The van der Waals surface area contributed by atoms with Crippen LogP contribution < -0.4 is 4.74 Å². The summed E-state index contributed by atoms with van der Waals surface area (Å²) in [6, 6.07) is 8.73. The minimum Gasteiger partial charge on any atom is -0.493 e. The molecule has 0 radical (unpaired) electrons. The largest absolute Gasteiger partial charge is 0.493 e. The van der Waals surface area contributed by atoms with Crippen LogP contribution in [-0.2, 0) is 0 Å². The van der Waals surface area contributed by atoms with E-state index in [1.165, 1.54) is 31.5 Å². The molecule has 1 saturated carbocycles. The Kier molecular flexibility index (Phi) is 4.13. The maximum atomic E-state index is 6.24. The van der Waals surface area contributed by atoms with Gasteiger partial charge in [0.1, 0.15) is 18.2 Å². The Morgan fingerprint density at radius 1 is 1.23 bits per heavy atom. The summed E-state index contributed by atoms with van der Waals surface area (Å²) in [4.78, 5) is 2.55. The number of benzene rings is 1. The molecule has 1 aromatic heterocycles. The van der Waals surface area contributed by atoms with Crippen LogP contribution in [0.15, 0.2) is 41.1 Å². The maximum Gasteiger partial charge on any atom is 0.122 e. The molecule has 3 fully saturated rings. The van der Waals surface area contributed by atoms with Crippen molar-refractivity contribution in [2.24, 2.45) is 9.81 Å². The fraction of sp³-hybridized carbons (Fsp3) is 0.474. The van der Waals surface area contributed by atoms with Crippen molar-refractivity contribution in [3.05, 3.63) is 41.7 Å². The summed E-state index contributed by atoms with van der Waals surface area (Å²) < 4.78 is 12.8. The first-order chi connectivity index (χ1) is 12.7. The Balaban J connectivity index is 1.32. The summed E-state index contributed by atoms with van der Waals surface area (Å²) >= 11 is 7.66. The second kappa shape index (κ2) is 6.50.